The van der Waals surface area contributed by atoms with E-state index in [1.807, 2.05) is 6.07 Å². The first-order chi connectivity index (χ1) is 19.5. The predicted molar refractivity (Wildman–Crippen MR) is 156 cm³/mol. The summed E-state index contributed by atoms with van der Waals surface area (Å²) in [6.45, 7) is 4.95. The lowest BCUT2D eigenvalue weighted by Gasteiger charge is -2.23. The highest BCUT2D eigenvalue weighted by molar-refractivity contribution is 6.09. The summed E-state index contributed by atoms with van der Waals surface area (Å²) >= 11 is 0. The summed E-state index contributed by atoms with van der Waals surface area (Å²) in [5.74, 6) is 1.10. The van der Waals surface area contributed by atoms with Crippen LogP contribution >= 0.6 is 0 Å². The molecule has 4 aromatic rings. The van der Waals surface area contributed by atoms with E-state index in [-0.39, 0.29) is 24.4 Å². The van der Waals surface area contributed by atoms with Crippen LogP contribution in [0.3, 0.4) is 0 Å². The van der Waals surface area contributed by atoms with Gasteiger partial charge < -0.3 is 35.5 Å². The van der Waals surface area contributed by atoms with Gasteiger partial charge in [0.15, 0.2) is 5.82 Å². The molecule has 5 N–H and O–H groups in total. The molecule has 1 atom stereocenters. The van der Waals surface area contributed by atoms with Crippen LogP contribution in [0.5, 0.6) is 5.75 Å². The SMILES string of the molecule is CCC[C@@H](CCO)Nc1nc(N)nc2c3cc(F)ccc3n(Cc3cc(CNC4CCOCC4)ccc3OC)c12. The minimum Gasteiger partial charge on any atom is -0.496 e. The first kappa shape index (κ1) is 28.1. The number of nitrogens with one attached hydrogen (secondary N) is 2. The summed E-state index contributed by atoms with van der Waals surface area (Å²) in [6, 6.07) is 11.4. The summed E-state index contributed by atoms with van der Waals surface area (Å²) in [7, 11) is 1.67. The normalized spacial score (nSPS) is 15.1. The molecule has 0 radical (unpaired) electrons. The number of nitrogen functional groups attached to an aromatic ring is 1. The number of benzene rings is 2. The summed E-state index contributed by atoms with van der Waals surface area (Å²) in [5.41, 5.74) is 10.4. The molecule has 2 aromatic heterocycles. The molecular formula is C30H39FN6O3. The van der Waals surface area contributed by atoms with E-state index < -0.39 is 0 Å². The van der Waals surface area contributed by atoms with Crippen LogP contribution in [-0.2, 0) is 17.8 Å². The minimum absolute atomic E-state index is 0.00447. The Bertz CT molecular complexity index is 1450. The lowest BCUT2D eigenvalue weighted by molar-refractivity contribution is 0.0776. The van der Waals surface area contributed by atoms with Crippen LogP contribution in [0, 0.1) is 5.82 Å². The lowest BCUT2D eigenvalue weighted by Crippen LogP contribution is -2.34. The Morgan fingerprint density at radius 1 is 1.18 bits per heavy atom. The molecule has 3 heterocycles. The van der Waals surface area contributed by atoms with E-state index >= 15 is 0 Å². The standard InChI is InChI=1S/C30H39FN6O3/c1-3-4-23(9-12-38)34-29-28-27(35-30(32)36-29)24-16-21(31)6-7-25(24)37(28)18-20-15-19(5-8-26(20)39-2)17-33-22-10-13-40-14-11-22/h5-8,15-16,22-23,33,38H,3-4,9-14,17-18H2,1-2H3,(H3,32,34,35,36)/t23-/m0/s1. The number of nitrogens with zero attached hydrogens (tertiary/aromatic N) is 3. The van der Waals surface area contributed by atoms with E-state index in [9.17, 15) is 9.50 Å². The summed E-state index contributed by atoms with van der Waals surface area (Å²) in [6.07, 6.45) is 4.40. The van der Waals surface area contributed by atoms with E-state index in [4.69, 9.17) is 15.2 Å². The van der Waals surface area contributed by atoms with Crippen LogP contribution in [0.15, 0.2) is 36.4 Å². The Morgan fingerprint density at radius 3 is 2.75 bits per heavy atom. The fourth-order valence-corrected chi connectivity index (χ4v) is 5.62. The van der Waals surface area contributed by atoms with Crippen LogP contribution in [0.2, 0.25) is 0 Å². The number of aliphatic hydroxyl groups is 1. The number of halogens is 1. The predicted octanol–water partition coefficient (Wildman–Crippen LogP) is 4.59. The number of aliphatic hydroxyl groups excluding tert-OH is 1. The van der Waals surface area contributed by atoms with Crippen molar-refractivity contribution in [1.82, 2.24) is 19.9 Å². The van der Waals surface area contributed by atoms with Crippen molar-refractivity contribution < 1.29 is 19.0 Å². The number of aromatic nitrogens is 3. The Morgan fingerprint density at radius 2 is 2.00 bits per heavy atom. The number of fused-ring (bicyclic) bond motifs is 3. The van der Waals surface area contributed by atoms with Crippen molar-refractivity contribution in [3.05, 3.63) is 53.3 Å². The average molecular weight is 551 g/mol. The molecule has 40 heavy (non-hydrogen) atoms. The molecule has 0 amide bonds. The van der Waals surface area contributed by atoms with E-state index in [2.05, 4.69) is 44.2 Å². The molecule has 0 saturated carbocycles. The average Bonchev–Trinajstić information content (AvgIpc) is 3.25. The molecule has 5 rings (SSSR count). The van der Waals surface area contributed by atoms with Gasteiger partial charge in [-0.05, 0) is 61.6 Å². The number of hydrogen-bond acceptors (Lipinski definition) is 8. The van der Waals surface area contributed by atoms with Crippen molar-refractivity contribution in [1.29, 1.82) is 0 Å². The van der Waals surface area contributed by atoms with Gasteiger partial charge in [0.2, 0.25) is 5.95 Å². The van der Waals surface area contributed by atoms with Crippen LogP contribution in [0.4, 0.5) is 16.2 Å². The molecule has 2 aromatic carbocycles. The van der Waals surface area contributed by atoms with Gasteiger partial charge in [-0.1, -0.05) is 19.4 Å². The highest BCUT2D eigenvalue weighted by Gasteiger charge is 2.22. The van der Waals surface area contributed by atoms with Gasteiger partial charge in [-0.2, -0.15) is 4.98 Å². The van der Waals surface area contributed by atoms with Crippen LogP contribution in [-0.4, -0.2) is 58.7 Å². The third kappa shape index (κ3) is 6.14. The van der Waals surface area contributed by atoms with Gasteiger partial charge in [0, 0.05) is 49.4 Å². The second kappa shape index (κ2) is 12.8. The van der Waals surface area contributed by atoms with E-state index in [0.717, 1.165) is 73.4 Å². The zero-order valence-electron chi connectivity index (χ0n) is 23.3. The maximum atomic E-state index is 14.5. The summed E-state index contributed by atoms with van der Waals surface area (Å²) < 4.78 is 27.8. The van der Waals surface area contributed by atoms with Crippen molar-refractivity contribution in [2.45, 2.75) is 64.2 Å². The maximum absolute atomic E-state index is 14.5. The second-order valence-electron chi connectivity index (χ2n) is 10.4. The largest absolute Gasteiger partial charge is 0.496 e. The Labute approximate surface area is 233 Å². The van der Waals surface area contributed by atoms with Crippen molar-refractivity contribution in [3.63, 3.8) is 0 Å². The third-order valence-electron chi connectivity index (χ3n) is 7.62. The first-order valence-electron chi connectivity index (χ1n) is 14.1. The number of hydrogen-bond donors (Lipinski definition) is 4. The fourth-order valence-electron chi connectivity index (χ4n) is 5.62. The van der Waals surface area contributed by atoms with Crippen LogP contribution < -0.4 is 21.1 Å². The quantitative estimate of drug-likeness (QED) is 0.202. The molecule has 0 spiro atoms. The number of rotatable bonds is 12. The Hall–Kier alpha value is -3.47. The molecule has 9 nitrogen and oxygen atoms in total. The Kier molecular flexibility index (Phi) is 8.98. The molecule has 0 unspecified atom stereocenters. The second-order valence-corrected chi connectivity index (χ2v) is 10.4. The molecule has 0 aliphatic carbocycles. The highest BCUT2D eigenvalue weighted by atomic mass is 19.1. The van der Waals surface area contributed by atoms with E-state index in [0.29, 0.717) is 35.7 Å². The van der Waals surface area contributed by atoms with Gasteiger partial charge in [0.1, 0.15) is 22.6 Å². The zero-order valence-corrected chi connectivity index (χ0v) is 23.3. The number of nitrogens with two attached hydrogens (primary N) is 1. The van der Waals surface area contributed by atoms with Crippen molar-refractivity contribution in [3.8, 4) is 5.75 Å². The molecule has 0 bridgehead atoms. The van der Waals surface area contributed by atoms with E-state index in [1.165, 1.54) is 12.1 Å². The molecular weight excluding hydrogens is 511 g/mol. The number of anilines is 2. The lowest BCUT2D eigenvalue weighted by atomic mass is 10.1. The number of ether oxygens (including phenoxy) is 2. The van der Waals surface area contributed by atoms with Gasteiger partial charge in [0.05, 0.1) is 19.2 Å². The van der Waals surface area contributed by atoms with Gasteiger partial charge in [-0.3, -0.25) is 0 Å². The van der Waals surface area contributed by atoms with Crippen molar-refractivity contribution in [2.75, 3.05) is 38.0 Å². The number of methoxy groups -OCH3 is 1. The summed E-state index contributed by atoms with van der Waals surface area (Å²) in [5, 5.41) is 17.5. The van der Waals surface area contributed by atoms with Crippen molar-refractivity contribution >= 4 is 33.7 Å². The van der Waals surface area contributed by atoms with Gasteiger partial charge in [-0.15, -0.1) is 0 Å². The van der Waals surface area contributed by atoms with Gasteiger partial charge in [0.25, 0.3) is 0 Å². The molecule has 1 saturated heterocycles. The van der Waals surface area contributed by atoms with E-state index in [1.54, 1.807) is 13.2 Å². The topological polar surface area (TPSA) is 119 Å². The molecule has 214 valence electrons. The molecule has 10 heteroatoms. The maximum Gasteiger partial charge on any atom is 0.222 e. The molecule has 1 aliphatic heterocycles. The highest BCUT2D eigenvalue weighted by Crippen LogP contribution is 2.35. The van der Waals surface area contributed by atoms with Gasteiger partial charge in [-0.25, -0.2) is 9.37 Å². The smallest absolute Gasteiger partial charge is 0.222 e. The van der Waals surface area contributed by atoms with Gasteiger partial charge >= 0.3 is 0 Å². The zero-order chi connectivity index (χ0) is 28.1. The monoisotopic (exact) mass is 550 g/mol. The fraction of sp³-hybridized carbons (Fsp3) is 0.467. The van der Waals surface area contributed by atoms with Crippen LogP contribution in [0.25, 0.3) is 21.9 Å². The summed E-state index contributed by atoms with van der Waals surface area (Å²) in [4.78, 5) is 9.12. The van der Waals surface area contributed by atoms with Crippen molar-refractivity contribution in [2.24, 2.45) is 0 Å². The molecule has 1 aliphatic rings. The Balaban J connectivity index is 1.58. The first-order valence-corrected chi connectivity index (χ1v) is 14.1. The van der Waals surface area contributed by atoms with Crippen LogP contribution in [0.1, 0.15) is 50.2 Å². The minimum atomic E-state index is -0.346. The third-order valence-corrected chi connectivity index (χ3v) is 7.62. The molecule has 1 fully saturated rings.